The molecule has 1 heterocycles. The van der Waals surface area contributed by atoms with Crippen LogP contribution in [-0.4, -0.2) is 4.98 Å². The van der Waals surface area contributed by atoms with Crippen molar-refractivity contribution >= 4 is 0 Å². The summed E-state index contributed by atoms with van der Waals surface area (Å²) in [5.74, 6) is 1.94. The highest BCUT2D eigenvalue weighted by atomic mass is 16.5. The topological polar surface area (TPSA) is 48.1 Å². The van der Waals surface area contributed by atoms with E-state index in [1.807, 2.05) is 13.0 Å². The van der Waals surface area contributed by atoms with Crippen LogP contribution in [0.4, 0.5) is 0 Å². The largest absolute Gasteiger partial charge is 0.438 e. The Morgan fingerprint density at radius 1 is 1.20 bits per heavy atom. The molecule has 2 aromatic rings. The van der Waals surface area contributed by atoms with E-state index in [2.05, 4.69) is 44.0 Å². The molecule has 0 fully saturated rings. The fourth-order valence-corrected chi connectivity index (χ4v) is 2.15. The van der Waals surface area contributed by atoms with Gasteiger partial charge in [-0.25, -0.2) is 4.98 Å². The summed E-state index contributed by atoms with van der Waals surface area (Å²) in [6, 6.07) is 8.32. The van der Waals surface area contributed by atoms with Crippen LogP contribution >= 0.6 is 0 Å². The first-order valence-electron chi connectivity index (χ1n) is 6.95. The summed E-state index contributed by atoms with van der Waals surface area (Å²) >= 11 is 0. The molecule has 0 radical (unpaired) electrons. The van der Waals surface area contributed by atoms with Crippen LogP contribution in [-0.2, 0) is 6.54 Å². The van der Waals surface area contributed by atoms with E-state index in [0.29, 0.717) is 18.3 Å². The number of hydrogen-bond donors (Lipinski definition) is 1. The first kappa shape index (κ1) is 14.5. The first-order chi connectivity index (χ1) is 9.51. The lowest BCUT2D eigenvalue weighted by Crippen LogP contribution is -2.01. The molecule has 106 valence electrons. The molecule has 0 atom stereocenters. The van der Waals surface area contributed by atoms with Gasteiger partial charge in [-0.3, -0.25) is 0 Å². The minimum atomic E-state index is 0.411. The Hall–Kier alpha value is -1.87. The quantitative estimate of drug-likeness (QED) is 0.911. The number of aromatic nitrogens is 1. The molecule has 0 saturated carbocycles. The molecule has 0 spiro atoms. The van der Waals surface area contributed by atoms with E-state index in [0.717, 1.165) is 16.9 Å². The van der Waals surface area contributed by atoms with Crippen molar-refractivity contribution in [2.45, 2.75) is 40.2 Å². The van der Waals surface area contributed by atoms with Crippen LogP contribution in [0.1, 0.15) is 42.0 Å². The Morgan fingerprint density at radius 2 is 1.95 bits per heavy atom. The molecule has 0 aliphatic rings. The summed E-state index contributed by atoms with van der Waals surface area (Å²) in [4.78, 5) is 4.37. The third-order valence-electron chi connectivity index (χ3n) is 3.32. The number of nitrogens with zero attached hydrogens (tertiary/aromatic N) is 1. The molecule has 1 aromatic carbocycles. The van der Waals surface area contributed by atoms with Crippen LogP contribution in [0.5, 0.6) is 11.6 Å². The maximum absolute atomic E-state index is 6.03. The van der Waals surface area contributed by atoms with Crippen molar-refractivity contribution in [1.82, 2.24) is 4.98 Å². The molecule has 0 amide bonds. The number of nitrogens with two attached hydrogens (primary N) is 1. The van der Waals surface area contributed by atoms with Gasteiger partial charge in [-0.05, 0) is 48.6 Å². The zero-order valence-corrected chi connectivity index (χ0v) is 12.6. The maximum atomic E-state index is 6.03. The van der Waals surface area contributed by atoms with E-state index in [1.54, 1.807) is 6.20 Å². The molecular weight excluding hydrogens is 248 g/mol. The standard InChI is InChI=1S/C17H22N2O/c1-11(2)15-6-5-12(3)7-16(15)20-17-13(4)8-14(9-18)10-19-17/h5-8,10-11H,9,18H2,1-4H3. The van der Waals surface area contributed by atoms with Gasteiger partial charge in [0.25, 0.3) is 0 Å². The minimum absolute atomic E-state index is 0.411. The Kier molecular flexibility index (Phi) is 4.40. The monoisotopic (exact) mass is 270 g/mol. The zero-order valence-electron chi connectivity index (χ0n) is 12.6. The Bertz CT molecular complexity index is 606. The van der Waals surface area contributed by atoms with Crippen molar-refractivity contribution in [1.29, 1.82) is 0 Å². The van der Waals surface area contributed by atoms with Gasteiger partial charge in [-0.2, -0.15) is 0 Å². The van der Waals surface area contributed by atoms with Crippen molar-refractivity contribution in [3.8, 4) is 11.6 Å². The molecule has 3 heteroatoms. The fourth-order valence-electron chi connectivity index (χ4n) is 2.15. The van der Waals surface area contributed by atoms with Gasteiger partial charge in [0, 0.05) is 18.3 Å². The van der Waals surface area contributed by atoms with E-state index < -0.39 is 0 Å². The van der Waals surface area contributed by atoms with E-state index >= 15 is 0 Å². The highest BCUT2D eigenvalue weighted by molar-refractivity contribution is 5.42. The van der Waals surface area contributed by atoms with Crippen molar-refractivity contribution in [2.24, 2.45) is 5.73 Å². The lowest BCUT2D eigenvalue weighted by molar-refractivity contribution is 0.450. The van der Waals surface area contributed by atoms with E-state index in [4.69, 9.17) is 10.5 Å². The van der Waals surface area contributed by atoms with Crippen LogP contribution in [0, 0.1) is 13.8 Å². The van der Waals surface area contributed by atoms with Crippen LogP contribution in [0.3, 0.4) is 0 Å². The van der Waals surface area contributed by atoms with Crippen molar-refractivity contribution in [2.75, 3.05) is 0 Å². The van der Waals surface area contributed by atoms with Gasteiger partial charge in [0.1, 0.15) is 5.75 Å². The SMILES string of the molecule is Cc1ccc(C(C)C)c(Oc2ncc(CN)cc2C)c1. The van der Waals surface area contributed by atoms with Gasteiger partial charge >= 0.3 is 0 Å². The van der Waals surface area contributed by atoms with E-state index in [1.165, 1.54) is 11.1 Å². The second-order valence-electron chi connectivity index (χ2n) is 5.47. The van der Waals surface area contributed by atoms with E-state index in [-0.39, 0.29) is 0 Å². The fraction of sp³-hybridized carbons (Fsp3) is 0.353. The Balaban J connectivity index is 2.36. The summed E-state index contributed by atoms with van der Waals surface area (Å²) in [5, 5.41) is 0. The highest BCUT2D eigenvalue weighted by Gasteiger charge is 2.11. The zero-order chi connectivity index (χ0) is 14.7. The summed E-state index contributed by atoms with van der Waals surface area (Å²) < 4.78 is 6.03. The molecule has 0 saturated heterocycles. The molecule has 0 aliphatic carbocycles. The van der Waals surface area contributed by atoms with Gasteiger partial charge in [0.15, 0.2) is 0 Å². The number of aryl methyl sites for hydroxylation is 2. The van der Waals surface area contributed by atoms with Crippen molar-refractivity contribution in [3.63, 3.8) is 0 Å². The van der Waals surface area contributed by atoms with Gasteiger partial charge in [-0.15, -0.1) is 0 Å². The lowest BCUT2D eigenvalue weighted by Gasteiger charge is -2.15. The molecule has 20 heavy (non-hydrogen) atoms. The highest BCUT2D eigenvalue weighted by Crippen LogP contribution is 2.32. The van der Waals surface area contributed by atoms with E-state index in [9.17, 15) is 0 Å². The molecular formula is C17H22N2O. The van der Waals surface area contributed by atoms with Crippen molar-refractivity contribution in [3.05, 3.63) is 52.7 Å². The van der Waals surface area contributed by atoms with Crippen LogP contribution in [0.2, 0.25) is 0 Å². The predicted octanol–water partition coefficient (Wildman–Crippen LogP) is 4.07. The maximum Gasteiger partial charge on any atom is 0.222 e. The number of hydrogen-bond acceptors (Lipinski definition) is 3. The number of ether oxygens (including phenoxy) is 1. The number of benzene rings is 1. The summed E-state index contributed by atoms with van der Waals surface area (Å²) in [7, 11) is 0. The molecule has 2 N–H and O–H groups in total. The third kappa shape index (κ3) is 3.17. The molecule has 3 nitrogen and oxygen atoms in total. The predicted molar refractivity (Wildman–Crippen MR) is 82.2 cm³/mol. The Labute approximate surface area is 120 Å². The summed E-state index contributed by atoms with van der Waals surface area (Å²) in [6.07, 6.45) is 1.77. The van der Waals surface area contributed by atoms with Gasteiger partial charge in [0.2, 0.25) is 5.88 Å². The lowest BCUT2D eigenvalue weighted by atomic mass is 10.0. The molecule has 0 unspecified atom stereocenters. The van der Waals surface area contributed by atoms with Crippen LogP contribution in [0.15, 0.2) is 30.5 Å². The first-order valence-corrected chi connectivity index (χ1v) is 6.95. The average Bonchev–Trinajstić information content (AvgIpc) is 2.40. The van der Waals surface area contributed by atoms with Crippen LogP contribution < -0.4 is 10.5 Å². The van der Waals surface area contributed by atoms with Gasteiger partial charge in [0.05, 0.1) is 0 Å². The number of rotatable bonds is 4. The minimum Gasteiger partial charge on any atom is -0.438 e. The van der Waals surface area contributed by atoms with Crippen LogP contribution in [0.25, 0.3) is 0 Å². The molecule has 2 rings (SSSR count). The Morgan fingerprint density at radius 3 is 2.55 bits per heavy atom. The number of pyridine rings is 1. The molecule has 1 aromatic heterocycles. The molecule has 0 aliphatic heterocycles. The normalized spacial score (nSPS) is 10.9. The summed E-state index contributed by atoms with van der Waals surface area (Å²) in [5.41, 5.74) is 10.0. The smallest absolute Gasteiger partial charge is 0.222 e. The van der Waals surface area contributed by atoms with Gasteiger partial charge < -0.3 is 10.5 Å². The second kappa shape index (κ2) is 6.06. The molecule has 0 bridgehead atoms. The summed E-state index contributed by atoms with van der Waals surface area (Å²) in [6.45, 7) is 8.88. The van der Waals surface area contributed by atoms with Gasteiger partial charge in [-0.1, -0.05) is 26.0 Å². The second-order valence-corrected chi connectivity index (χ2v) is 5.47. The average molecular weight is 270 g/mol. The third-order valence-corrected chi connectivity index (χ3v) is 3.32. The van der Waals surface area contributed by atoms with Crippen molar-refractivity contribution < 1.29 is 4.74 Å².